The SMILES string of the molecule is Cc1cc(C(=O)NCC2CCCNC2)c2c(C(C)C)noc2n1.Cl. The van der Waals surface area contributed by atoms with Crippen LogP contribution in [0.3, 0.4) is 0 Å². The van der Waals surface area contributed by atoms with Crippen molar-refractivity contribution in [3.05, 3.63) is 23.0 Å². The molecular formula is C17H25ClN4O2. The summed E-state index contributed by atoms with van der Waals surface area (Å²) in [6.07, 6.45) is 2.32. The minimum absolute atomic E-state index is 0. The number of hydrogen-bond acceptors (Lipinski definition) is 5. The molecule has 0 saturated carbocycles. The second-order valence-corrected chi connectivity index (χ2v) is 6.64. The third-order valence-corrected chi connectivity index (χ3v) is 4.34. The summed E-state index contributed by atoms with van der Waals surface area (Å²) in [5, 5.41) is 11.3. The number of carbonyl (C=O) groups is 1. The Labute approximate surface area is 148 Å². The molecule has 1 unspecified atom stereocenters. The molecule has 1 aliphatic heterocycles. The molecule has 132 valence electrons. The Bertz CT molecular complexity index is 708. The van der Waals surface area contributed by atoms with Gasteiger partial charge in [-0.2, -0.15) is 0 Å². The van der Waals surface area contributed by atoms with E-state index in [1.807, 2.05) is 26.8 Å². The fraction of sp³-hybridized carbons (Fsp3) is 0.588. The Hall–Kier alpha value is -1.66. The Morgan fingerprint density at radius 1 is 1.50 bits per heavy atom. The molecular weight excluding hydrogens is 328 g/mol. The number of pyridine rings is 1. The molecule has 0 aliphatic carbocycles. The predicted octanol–water partition coefficient (Wildman–Crippen LogP) is 2.81. The van der Waals surface area contributed by atoms with Crippen LogP contribution in [0.15, 0.2) is 10.6 Å². The van der Waals surface area contributed by atoms with Gasteiger partial charge in [-0.25, -0.2) is 4.98 Å². The van der Waals surface area contributed by atoms with E-state index in [9.17, 15) is 4.79 Å². The zero-order chi connectivity index (χ0) is 16.4. The van der Waals surface area contributed by atoms with Gasteiger partial charge in [0.1, 0.15) is 0 Å². The van der Waals surface area contributed by atoms with Crippen LogP contribution >= 0.6 is 12.4 Å². The number of amides is 1. The highest BCUT2D eigenvalue weighted by atomic mass is 35.5. The number of aromatic nitrogens is 2. The Kier molecular flexibility index (Phi) is 6.18. The van der Waals surface area contributed by atoms with Crippen molar-refractivity contribution in [2.75, 3.05) is 19.6 Å². The number of piperidine rings is 1. The quantitative estimate of drug-likeness (QED) is 0.884. The van der Waals surface area contributed by atoms with Crippen molar-refractivity contribution >= 4 is 29.4 Å². The van der Waals surface area contributed by atoms with E-state index in [0.717, 1.165) is 36.3 Å². The minimum atomic E-state index is -0.0730. The number of carbonyl (C=O) groups excluding carboxylic acids is 1. The average Bonchev–Trinajstić information content (AvgIpc) is 2.96. The van der Waals surface area contributed by atoms with E-state index in [2.05, 4.69) is 20.8 Å². The predicted molar refractivity (Wildman–Crippen MR) is 95.8 cm³/mol. The van der Waals surface area contributed by atoms with Crippen LogP contribution in [0, 0.1) is 12.8 Å². The number of halogens is 1. The minimum Gasteiger partial charge on any atom is -0.352 e. The molecule has 0 spiro atoms. The second kappa shape index (κ2) is 7.94. The molecule has 0 bridgehead atoms. The van der Waals surface area contributed by atoms with Crippen LogP contribution in [0.4, 0.5) is 0 Å². The van der Waals surface area contributed by atoms with Gasteiger partial charge in [0.05, 0.1) is 16.6 Å². The Balaban J connectivity index is 0.00000208. The maximum atomic E-state index is 12.7. The van der Waals surface area contributed by atoms with Crippen LogP contribution in [0.2, 0.25) is 0 Å². The summed E-state index contributed by atoms with van der Waals surface area (Å²) in [7, 11) is 0. The number of nitrogens with zero attached hydrogens (tertiary/aromatic N) is 2. The van der Waals surface area contributed by atoms with Gasteiger partial charge in [0.2, 0.25) is 0 Å². The number of fused-ring (bicyclic) bond motifs is 1. The third-order valence-electron chi connectivity index (χ3n) is 4.34. The molecule has 1 amide bonds. The highest BCUT2D eigenvalue weighted by Gasteiger charge is 2.22. The zero-order valence-electron chi connectivity index (χ0n) is 14.4. The van der Waals surface area contributed by atoms with Crippen molar-refractivity contribution in [1.29, 1.82) is 0 Å². The van der Waals surface area contributed by atoms with E-state index in [4.69, 9.17) is 4.52 Å². The van der Waals surface area contributed by atoms with E-state index in [0.29, 0.717) is 23.7 Å². The first kappa shape index (κ1) is 18.7. The fourth-order valence-electron chi connectivity index (χ4n) is 3.10. The van der Waals surface area contributed by atoms with Crippen LogP contribution in [0.1, 0.15) is 54.4 Å². The van der Waals surface area contributed by atoms with Gasteiger partial charge in [0.15, 0.2) is 0 Å². The van der Waals surface area contributed by atoms with Crippen LogP contribution < -0.4 is 10.6 Å². The molecule has 2 aromatic heterocycles. The number of nitrogens with one attached hydrogen (secondary N) is 2. The van der Waals surface area contributed by atoms with E-state index in [1.54, 1.807) is 0 Å². The standard InChI is InChI=1S/C17H24N4O2.ClH/c1-10(2)15-14-13(7-11(3)20-17(14)23-21-15)16(22)19-9-12-5-4-6-18-8-12;/h7,10,12,18H,4-6,8-9H2,1-3H3,(H,19,22);1H. The fourth-order valence-corrected chi connectivity index (χ4v) is 3.10. The van der Waals surface area contributed by atoms with Crippen molar-refractivity contribution in [2.24, 2.45) is 5.92 Å². The molecule has 1 aliphatic rings. The van der Waals surface area contributed by atoms with Gasteiger partial charge in [0.25, 0.3) is 11.6 Å². The van der Waals surface area contributed by atoms with Crippen LogP contribution in [0.5, 0.6) is 0 Å². The summed E-state index contributed by atoms with van der Waals surface area (Å²) in [6, 6.07) is 1.82. The van der Waals surface area contributed by atoms with Crippen molar-refractivity contribution in [3.8, 4) is 0 Å². The largest absolute Gasteiger partial charge is 0.352 e. The Morgan fingerprint density at radius 3 is 2.96 bits per heavy atom. The molecule has 1 atom stereocenters. The number of aryl methyl sites for hydroxylation is 1. The second-order valence-electron chi connectivity index (χ2n) is 6.64. The molecule has 7 heteroatoms. The summed E-state index contributed by atoms with van der Waals surface area (Å²) in [4.78, 5) is 17.1. The lowest BCUT2D eigenvalue weighted by atomic mass is 9.99. The van der Waals surface area contributed by atoms with Gasteiger partial charge in [-0.05, 0) is 50.8 Å². The summed E-state index contributed by atoms with van der Waals surface area (Å²) in [5.74, 6) is 0.601. The average molecular weight is 353 g/mol. The molecule has 6 nitrogen and oxygen atoms in total. The van der Waals surface area contributed by atoms with E-state index >= 15 is 0 Å². The lowest BCUT2D eigenvalue weighted by Crippen LogP contribution is -2.38. The van der Waals surface area contributed by atoms with Gasteiger partial charge in [0, 0.05) is 12.2 Å². The van der Waals surface area contributed by atoms with Gasteiger partial charge in [-0.3, -0.25) is 4.79 Å². The van der Waals surface area contributed by atoms with Gasteiger partial charge in [-0.1, -0.05) is 19.0 Å². The van der Waals surface area contributed by atoms with Gasteiger partial charge in [-0.15, -0.1) is 12.4 Å². The van der Waals surface area contributed by atoms with E-state index < -0.39 is 0 Å². The molecule has 1 saturated heterocycles. The first-order valence-electron chi connectivity index (χ1n) is 8.32. The van der Waals surface area contributed by atoms with Crippen LogP contribution in [-0.2, 0) is 0 Å². The molecule has 2 N–H and O–H groups in total. The third kappa shape index (κ3) is 3.87. The Morgan fingerprint density at radius 2 is 2.29 bits per heavy atom. The lowest BCUT2D eigenvalue weighted by molar-refractivity contribution is 0.0946. The summed E-state index contributed by atoms with van der Waals surface area (Å²) < 4.78 is 5.33. The van der Waals surface area contributed by atoms with E-state index in [1.165, 1.54) is 6.42 Å². The van der Waals surface area contributed by atoms with E-state index in [-0.39, 0.29) is 24.2 Å². The summed E-state index contributed by atoms with van der Waals surface area (Å²) in [5.41, 5.74) is 2.60. The highest BCUT2D eigenvalue weighted by Crippen LogP contribution is 2.27. The van der Waals surface area contributed by atoms with Crippen molar-refractivity contribution < 1.29 is 9.32 Å². The molecule has 24 heavy (non-hydrogen) atoms. The van der Waals surface area contributed by atoms with Gasteiger partial charge >= 0.3 is 0 Å². The maximum absolute atomic E-state index is 12.7. The molecule has 0 aromatic carbocycles. The molecule has 1 fully saturated rings. The molecule has 2 aromatic rings. The van der Waals surface area contributed by atoms with Crippen molar-refractivity contribution in [3.63, 3.8) is 0 Å². The topological polar surface area (TPSA) is 80.0 Å². The molecule has 0 radical (unpaired) electrons. The highest BCUT2D eigenvalue weighted by molar-refractivity contribution is 6.06. The molecule has 3 rings (SSSR count). The first-order chi connectivity index (χ1) is 11.1. The molecule has 3 heterocycles. The summed E-state index contributed by atoms with van der Waals surface area (Å²) in [6.45, 7) is 8.66. The van der Waals surface area contributed by atoms with Crippen molar-refractivity contribution in [2.45, 2.75) is 39.5 Å². The number of rotatable bonds is 4. The first-order valence-corrected chi connectivity index (χ1v) is 8.32. The number of hydrogen-bond donors (Lipinski definition) is 2. The monoisotopic (exact) mass is 352 g/mol. The van der Waals surface area contributed by atoms with Gasteiger partial charge < -0.3 is 15.2 Å². The van der Waals surface area contributed by atoms with Crippen LogP contribution in [-0.4, -0.2) is 35.7 Å². The normalized spacial score (nSPS) is 17.8. The lowest BCUT2D eigenvalue weighted by Gasteiger charge is -2.23. The van der Waals surface area contributed by atoms with Crippen LogP contribution in [0.25, 0.3) is 11.1 Å². The maximum Gasteiger partial charge on any atom is 0.259 e. The van der Waals surface area contributed by atoms with Crippen molar-refractivity contribution in [1.82, 2.24) is 20.8 Å². The summed E-state index contributed by atoms with van der Waals surface area (Å²) >= 11 is 0. The zero-order valence-corrected chi connectivity index (χ0v) is 15.2. The smallest absolute Gasteiger partial charge is 0.259 e.